The standard InChI is InChI=1S/C20H21N5O5/c1-12-4-9-17(25(29)30)11-18(12)22-19(27)10-13(2)23-24-20(28)15-5-7-16(8-6-15)21-14(3)26/h4,7-9,11H,5,10H2,1-3H3,(H,21,26)(H,22,27)(H,24,28)/b23-13+. The van der Waals surface area contributed by atoms with Crippen molar-refractivity contribution < 1.29 is 19.3 Å². The molecule has 0 bridgehead atoms. The highest BCUT2D eigenvalue weighted by Gasteiger charge is 2.13. The van der Waals surface area contributed by atoms with Crippen molar-refractivity contribution in [2.75, 3.05) is 5.32 Å². The summed E-state index contributed by atoms with van der Waals surface area (Å²) in [7, 11) is 0. The normalized spacial score (nSPS) is 13.1. The zero-order chi connectivity index (χ0) is 22.3. The van der Waals surface area contributed by atoms with Gasteiger partial charge in [-0.15, -0.1) is 5.73 Å². The summed E-state index contributed by atoms with van der Waals surface area (Å²) in [5, 5.41) is 20.0. The molecule has 156 valence electrons. The van der Waals surface area contributed by atoms with Gasteiger partial charge < -0.3 is 10.6 Å². The molecule has 1 aromatic rings. The van der Waals surface area contributed by atoms with Crippen LogP contribution in [0.5, 0.6) is 0 Å². The highest BCUT2D eigenvalue weighted by Crippen LogP contribution is 2.22. The molecular formula is C20H21N5O5. The maximum Gasteiger partial charge on any atom is 0.275 e. The summed E-state index contributed by atoms with van der Waals surface area (Å²) in [6, 6.07) is 4.19. The van der Waals surface area contributed by atoms with Crippen LogP contribution >= 0.6 is 0 Å². The molecule has 0 atom stereocenters. The summed E-state index contributed by atoms with van der Waals surface area (Å²) in [5.41, 5.74) is 7.27. The van der Waals surface area contributed by atoms with E-state index in [1.165, 1.54) is 25.1 Å². The van der Waals surface area contributed by atoms with Gasteiger partial charge in [0.25, 0.3) is 11.6 Å². The van der Waals surface area contributed by atoms with Gasteiger partial charge in [-0.25, -0.2) is 5.43 Å². The van der Waals surface area contributed by atoms with Crippen LogP contribution in [0.15, 0.2) is 52.5 Å². The summed E-state index contributed by atoms with van der Waals surface area (Å²) in [6.07, 6.45) is 3.34. The fraction of sp³-hybridized carbons (Fsp3) is 0.250. The molecule has 0 aliphatic heterocycles. The topological polar surface area (TPSA) is 143 Å². The van der Waals surface area contributed by atoms with Crippen molar-refractivity contribution >= 4 is 34.8 Å². The number of nitro groups is 1. The second-order valence-corrected chi connectivity index (χ2v) is 6.58. The van der Waals surface area contributed by atoms with Crippen LogP contribution in [0.4, 0.5) is 11.4 Å². The van der Waals surface area contributed by atoms with E-state index in [0.29, 0.717) is 28.2 Å². The van der Waals surface area contributed by atoms with E-state index in [1.807, 2.05) is 0 Å². The van der Waals surface area contributed by atoms with E-state index >= 15 is 0 Å². The molecule has 1 aromatic carbocycles. The molecule has 3 amide bonds. The summed E-state index contributed by atoms with van der Waals surface area (Å²) >= 11 is 0. The summed E-state index contributed by atoms with van der Waals surface area (Å²) in [6.45, 7) is 4.67. The summed E-state index contributed by atoms with van der Waals surface area (Å²) in [4.78, 5) is 45.7. The SMILES string of the molecule is CC(=O)NC1=CCC(C(=O)N/N=C(\C)CC(=O)Nc2cc([N+](=O)[O-])ccc2C)=C=C1. The Bertz CT molecular complexity index is 1030. The average molecular weight is 411 g/mol. The van der Waals surface area contributed by atoms with E-state index < -0.39 is 16.7 Å². The Hall–Kier alpha value is -4.04. The highest BCUT2D eigenvalue weighted by atomic mass is 16.6. The third-order valence-electron chi connectivity index (χ3n) is 3.99. The van der Waals surface area contributed by atoms with Crippen molar-refractivity contribution in [2.24, 2.45) is 5.10 Å². The first-order chi connectivity index (χ1) is 14.2. The lowest BCUT2D eigenvalue weighted by Gasteiger charge is -2.09. The number of aryl methyl sites for hydroxylation is 1. The largest absolute Gasteiger partial charge is 0.326 e. The number of amides is 3. The molecule has 0 radical (unpaired) electrons. The molecule has 1 aliphatic rings. The molecule has 0 unspecified atom stereocenters. The summed E-state index contributed by atoms with van der Waals surface area (Å²) in [5.74, 6) is -1.11. The van der Waals surface area contributed by atoms with Gasteiger partial charge in [0.2, 0.25) is 11.8 Å². The lowest BCUT2D eigenvalue weighted by Crippen LogP contribution is -2.24. The predicted octanol–water partition coefficient (Wildman–Crippen LogP) is 2.23. The first-order valence-electron chi connectivity index (χ1n) is 8.97. The number of rotatable bonds is 7. The molecule has 3 N–H and O–H groups in total. The van der Waals surface area contributed by atoms with Crippen molar-refractivity contribution in [2.45, 2.75) is 33.6 Å². The van der Waals surface area contributed by atoms with Gasteiger partial charge in [-0.3, -0.25) is 24.5 Å². The number of non-ortho nitro benzene ring substituents is 1. The van der Waals surface area contributed by atoms with Gasteiger partial charge in [-0.05, 0) is 19.4 Å². The molecule has 0 fully saturated rings. The minimum Gasteiger partial charge on any atom is -0.326 e. The number of benzene rings is 1. The molecule has 0 aromatic heterocycles. The third-order valence-corrected chi connectivity index (χ3v) is 3.99. The van der Waals surface area contributed by atoms with E-state index in [-0.39, 0.29) is 24.4 Å². The van der Waals surface area contributed by atoms with Crippen LogP contribution in [0, 0.1) is 17.0 Å². The average Bonchev–Trinajstić information content (AvgIpc) is 2.67. The molecular weight excluding hydrogens is 390 g/mol. The predicted molar refractivity (Wildman–Crippen MR) is 110 cm³/mol. The zero-order valence-electron chi connectivity index (χ0n) is 16.7. The van der Waals surface area contributed by atoms with E-state index in [1.54, 1.807) is 26.0 Å². The lowest BCUT2D eigenvalue weighted by molar-refractivity contribution is -0.384. The number of hydrogen-bond donors (Lipinski definition) is 3. The number of anilines is 1. The molecule has 0 saturated heterocycles. The third kappa shape index (κ3) is 6.54. The smallest absolute Gasteiger partial charge is 0.275 e. The van der Waals surface area contributed by atoms with Crippen molar-refractivity contribution in [3.8, 4) is 0 Å². The second-order valence-electron chi connectivity index (χ2n) is 6.58. The number of nitro benzene ring substituents is 1. The van der Waals surface area contributed by atoms with Gasteiger partial charge in [0.15, 0.2) is 0 Å². The minimum atomic E-state index is -0.542. The van der Waals surface area contributed by atoms with E-state index in [0.717, 1.165) is 0 Å². The Balaban J connectivity index is 1.93. The van der Waals surface area contributed by atoms with Crippen LogP contribution in [-0.2, 0) is 14.4 Å². The molecule has 0 saturated carbocycles. The molecule has 2 rings (SSSR count). The number of carbonyl (C=O) groups is 3. The van der Waals surface area contributed by atoms with E-state index in [9.17, 15) is 24.5 Å². The second kappa shape index (κ2) is 9.94. The molecule has 10 nitrogen and oxygen atoms in total. The number of carbonyl (C=O) groups excluding carboxylic acids is 3. The van der Waals surface area contributed by atoms with E-state index in [4.69, 9.17) is 0 Å². The van der Waals surface area contributed by atoms with Crippen molar-refractivity contribution in [3.05, 3.63) is 63.0 Å². The van der Waals surface area contributed by atoms with Gasteiger partial charge in [0.1, 0.15) is 0 Å². The van der Waals surface area contributed by atoms with Crippen molar-refractivity contribution in [1.29, 1.82) is 0 Å². The Morgan fingerprint density at radius 2 is 1.97 bits per heavy atom. The van der Waals surface area contributed by atoms with E-state index in [2.05, 4.69) is 26.9 Å². The fourth-order valence-electron chi connectivity index (χ4n) is 2.48. The number of hydrogen-bond acceptors (Lipinski definition) is 6. The first-order valence-corrected chi connectivity index (χ1v) is 8.97. The Morgan fingerprint density at radius 3 is 2.57 bits per heavy atom. The first kappa shape index (κ1) is 22.3. The number of nitrogens with zero attached hydrogens (tertiary/aromatic N) is 2. The monoisotopic (exact) mass is 411 g/mol. The number of nitrogens with one attached hydrogen (secondary N) is 3. The zero-order valence-corrected chi connectivity index (χ0v) is 16.7. The van der Waals surface area contributed by atoms with Crippen LogP contribution in [-0.4, -0.2) is 28.4 Å². The number of hydrazone groups is 1. The van der Waals surface area contributed by atoms with Crippen molar-refractivity contribution in [1.82, 2.24) is 10.7 Å². The Morgan fingerprint density at radius 1 is 1.23 bits per heavy atom. The van der Waals surface area contributed by atoms with Crippen LogP contribution in [0.2, 0.25) is 0 Å². The Kier molecular flexibility index (Phi) is 7.38. The molecule has 0 spiro atoms. The maximum atomic E-state index is 12.2. The molecule has 30 heavy (non-hydrogen) atoms. The van der Waals surface area contributed by atoms with Gasteiger partial charge in [-0.2, -0.15) is 5.10 Å². The minimum absolute atomic E-state index is 0.107. The Labute approximate surface area is 172 Å². The maximum absolute atomic E-state index is 12.2. The lowest BCUT2D eigenvalue weighted by atomic mass is 10.1. The molecule has 10 heteroatoms. The van der Waals surface area contributed by atoms with Crippen LogP contribution in [0.1, 0.15) is 32.3 Å². The fourth-order valence-corrected chi connectivity index (χ4v) is 2.48. The van der Waals surface area contributed by atoms with Gasteiger partial charge in [0, 0.05) is 43.0 Å². The highest BCUT2D eigenvalue weighted by molar-refractivity contribution is 6.06. The molecule has 1 aliphatic carbocycles. The number of allylic oxidation sites excluding steroid dienone is 2. The van der Waals surface area contributed by atoms with Gasteiger partial charge in [-0.1, -0.05) is 12.1 Å². The van der Waals surface area contributed by atoms with Crippen LogP contribution < -0.4 is 16.1 Å². The summed E-state index contributed by atoms with van der Waals surface area (Å²) < 4.78 is 0. The van der Waals surface area contributed by atoms with Crippen LogP contribution in [0.25, 0.3) is 0 Å². The van der Waals surface area contributed by atoms with Gasteiger partial charge in [0.05, 0.1) is 22.6 Å². The molecule has 0 heterocycles. The quantitative estimate of drug-likeness (QED) is 0.273. The van der Waals surface area contributed by atoms with Crippen molar-refractivity contribution in [3.63, 3.8) is 0 Å². The van der Waals surface area contributed by atoms with Crippen LogP contribution in [0.3, 0.4) is 0 Å². The van der Waals surface area contributed by atoms with Gasteiger partial charge >= 0.3 is 0 Å².